The van der Waals surface area contributed by atoms with E-state index >= 15 is 0 Å². The highest BCUT2D eigenvalue weighted by molar-refractivity contribution is 5.71. The van der Waals surface area contributed by atoms with Crippen molar-refractivity contribution in [3.63, 3.8) is 0 Å². The van der Waals surface area contributed by atoms with Crippen molar-refractivity contribution < 1.29 is 28.6 Å². The number of hydrogen-bond acceptors (Lipinski definition) is 6. The van der Waals surface area contributed by atoms with Gasteiger partial charge in [-0.2, -0.15) is 0 Å². The molecule has 0 fully saturated rings. The molecule has 0 radical (unpaired) electrons. The van der Waals surface area contributed by atoms with E-state index in [2.05, 4.69) is 34.6 Å². The number of unbranched alkanes of at least 4 members (excludes halogenated alkanes) is 34. The number of esters is 3. The lowest BCUT2D eigenvalue weighted by Gasteiger charge is -2.18. The minimum atomic E-state index is -0.762. The highest BCUT2D eigenvalue weighted by atomic mass is 16.6. The standard InChI is InChI=1S/C56H108O6/c1-6-8-9-10-11-12-13-14-15-16-17-18-19-26-31-36-41-46-54(57)60-49-53(62-56(59)48-43-38-33-28-22-20-24-29-34-39-44-51(3)4)50-61-55(58)47-42-37-32-27-23-21-25-30-35-40-45-52(5)7-2/h51-53H,6-50H2,1-5H3/t52?,53-/m0/s1. The maximum atomic E-state index is 12.8. The average Bonchev–Trinajstić information content (AvgIpc) is 3.26. The van der Waals surface area contributed by atoms with Gasteiger partial charge in [-0.05, 0) is 31.1 Å². The fourth-order valence-electron chi connectivity index (χ4n) is 8.49. The summed E-state index contributed by atoms with van der Waals surface area (Å²) in [5, 5.41) is 0. The highest BCUT2D eigenvalue weighted by Gasteiger charge is 2.19. The van der Waals surface area contributed by atoms with Gasteiger partial charge in [-0.3, -0.25) is 14.4 Å². The van der Waals surface area contributed by atoms with Crippen LogP contribution in [0.5, 0.6) is 0 Å². The van der Waals surface area contributed by atoms with Crippen LogP contribution in [0.15, 0.2) is 0 Å². The largest absolute Gasteiger partial charge is 0.462 e. The molecule has 368 valence electrons. The van der Waals surface area contributed by atoms with E-state index in [9.17, 15) is 14.4 Å². The van der Waals surface area contributed by atoms with Crippen molar-refractivity contribution in [2.24, 2.45) is 11.8 Å². The van der Waals surface area contributed by atoms with E-state index in [0.29, 0.717) is 19.3 Å². The fourth-order valence-corrected chi connectivity index (χ4v) is 8.49. The lowest BCUT2D eigenvalue weighted by atomic mass is 9.99. The third-order valence-corrected chi connectivity index (χ3v) is 13.1. The summed E-state index contributed by atoms with van der Waals surface area (Å²) in [7, 11) is 0. The van der Waals surface area contributed by atoms with Gasteiger partial charge >= 0.3 is 17.9 Å². The van der Waals surface area contributed by atoms with Crippen LogP contribution in [0.1, 0.15) is 311 Å². The van der Waals surface area contributed by atoms with Crippen LogP contribution >= 0.6 is 0 Å². The Bertz CT molecular complexity index is 949. The van der Waals surface area contributed by atoms with Crippen LogP contribution in [0.2, 0.25) is 0 Å². The quantitative estimate of drug-likeness (QED) is 0.0344. The van der Waals surface area contributed by atoms with E-state index in [4.69, 9.17) is 14.2 Å². The van der Waals surface area contributed by atoms with Crippen molar-refractivity contribution >= 4 is 17.9 Å². The van der Waals surface area contributed by atoms with Crippen LogP contribution in [0.3, 0.4) is 0 Å². The third-order valence-electron chi connectivity index (χ3n) is 13.1. The van der Waals surface area contributed by atoms with Gasteiger partial charge in [0.25, 0.3) is 0 Å². The van der Waals surface area contributed by atoms with E-state index in [1.165, 1.54) is 199 Å². The summed E-state index contributed by atoms with van der Waals surface area (Å²) in [6.07, 6.45) is 50.8. The molecule has 0 rings (SSSR count). The van der Waals surface area contributed by atoms with Gasteiger partial charge in [0.05, 0.1) is 0 Å². The molecule has 0 N–H and O–H groups in total. The summed E-state index contributed by atoms with van der Waals surface area (Å²) in [4.78, 5) is 38.1. The molecular weight excluding hydrogens is 769 g/mol. The van der Waals surface area contributed by atoms with E-state index < -0.39 is 6.10 Å². The predicted octanol–water partition coefficient (Wildman–Crippen LogP) is 18.1. The van der Waals surface area contributed by atoms with E-state index in [1.807, 2.05) is 0 Å². The van der Waals surface area contributed by atoms with Crippen molar-refractivity contribution in [2.75, 3.05) is 13.2 Å². The summed E-state index contributed by atoms with van der Waals surface area (Å²) in [5.41, 5.74) is 0. The molecule has 2 atom stereocenters. The van der Waals surface area contributed by atoms with Crippen molar-refractivity contribution in [1.82, 2.24) is 0 Å². The molecule has 0 aliphatic heterocycles. The molecule has 0 aromatic heterocycles. The Labute approximate surface area is 387 Å². The summed E-state index contributed by atoms with van der Waals surface area (Å²) in [5.74, 6) is 0.842. The van der Waals surface area contributed by atoms with Gasteiger partial charge in [-0.15, -0.1) is 0 Å². The van der Waals surface area contributed by atoms with Crippen LogP contribution in [0, 0.1) is 11.8 Å². The molecule has 6 heteroatoms. The first kappa shape index (κ1) is 60.4. The molecule has 1 unspecified atom stereocenters. The zero-order valence-corrected chi connectivity index (χ0v) is 42.5. The first-order valence-corrected chi connectivity index (χ1v) is 27.8. The molecule has 0 aliphatic carbocycles. The Balaban J connectivity index is 4.30. The molecule has 0 saturated heterocycles. The van der Waals surface area contributed by atoms with E-state index in [0.717, 1.165) is 69.6 Å². The van der Waals surface area contributed by atoms with Crippen molar-refractivity contribution in [2.45, 2.75) is 317 Å². The summed E-state index contributed by atoms with van der Waals surface area (Å²) >= 11 is 0. The lowest BCUT2D eigenvalue weighted by Crippen LogP contribution is -2.30. The second-order valence-electron chi connectivity index (χ2n) is 19.9. The maximum Gasteiger partial charge on any atom is 0.306 e. The smallest absolute Gasteiger partial charge is 0.306 e. The molecule has 62 heavy (non-hydrogen) atoms. The van der Waals surface area contributed by atoms with Gasteiger partial charge < -0.3 is 14.2 Å². The first-order chi connectivity index (χ1) is 30.3. The molecule has 0 aliphatic rings. The fraction of sp³-hybridized carbons (Fsp3) is 0.946. The maximum absolute atomic E-state index is 12.8. The molecule has 0 aromatic rings. The average molecular weight is 877 g/mol. The Hall–Kier alpha value is -1.59. The normalized spacial score (nSPS) is 12.5. The summed E-state index contributed by atoms with van der Waals surface area (Å²) in [6, 6.07) is 0. The monoisotopic (exact) mass is 877 g/mol. The second-order valence-corrected chi connectivity index (χ2v) is 19.9. The second kappa shape index (κ2) is 48.9. The molecule has 0 saturated carbocycles. The van der Waals surface area contributed by atoms with Gasteiger partial charge in [-0.25, -0.2) is 0 Å². The van der Waals surface area contributed by atoms with Gasteiger partial charge in [0.2, 0.25) is 0 Å². The number of ether oxygens (including phenoxy) is 3. The third kappa shape index (κ3) is 47.9. The predicted molar refractivity (Wildman–Crippen MR) is 266 cm³/mol. The Morgan fingerprint density at radius 2 is 0.613 bits per heavy atom. The van der Waals surface area contributed by atoms with Crippen LogP contribution in [-0.2, 0) is 28.6 Å². The minimum absolute atomic E-state index is 0.0633. The number of hydrogen-bond donors (Lipinski definition) is 0. The molecule has 0 bridgehead atoms. The van der Waals surface area contributed by atoms with Crippen LogP contribution < -0.4 is 0 Å². The van der Waals surface area contributed by atoms with Gasteiger partial charge in [-0.1, -0.05) is 272 Å². The SMILES string of the molecule is CCCCCCCCCCCCCCCCCCCC(=O)OC[C@@H](COC(=O)CCCCCCCCCCCCC(C)CC)OC(=O)CCCCCCCCCCCCC(C)C. The van der Waals surface area contributed by atoms with Crippen molar-refractivity contribution in [3.05, 3.63) is 0 Å². The zero-order valence-electron chi connectivity index (χ0n) is 42.5. The molecule has 0 spiro atoms. The highest BCUT2D eigenvalue weighted by Crippen LogP contribution is 2.18. The summed E-state index contributed by atoms with van der Waals surface area (Å²) < 4.78 is 16.9. The molecule has 0 aromatic carbocycles. The van der Waals surface area contributed by atoms with Crippen LogP contribution in [-0.4, -0.2) is 37.2 Å². The van der Waals surface area contributed by atoms with Gasteiger partial charge in [0, 0.05) is 19.3 Å². The van der Waals surface area contributed by atoms with E-state index in [-0.39, 0.29) is 31.1 Å². The number of carbonyl (C=O) groups is 3. The van der Waals surface area contributed by atoms with Crippen LogP contribution in [0.4, 0.5) is 0 Å². The van der Waals surface area contributed by atoms with E-state index in [1.54, 1.807) is 0 Å². The first-order valence-electron chi connectivity index (χ1n) is 27.8. The minimum Gasteiger partial charge on any atom is -0.462 e. The molecule has 0 amide bonds. The molecular formula is C56H108O6. The number of rotatable bonds is 50. The zero-order chi connectivity index (χ0) is 45.4. The van der Waals surface area contributed by atoms with Gasteiger partial charge in [0.15, 0.2) is 6.10 Å². The molecule has 6 nitrogen and oxygen atoms in total. The topological polar surface area (TPSA) is 78.9 Å². The van der Waals surface area contributed by atoms with Crippen molar-refractivity contribution in [1.29, 1.82) is 0 Å². The Morgan fingerprint density at radius 1 is 0.339 bits per heavy atom. The Kier molecular flexibility index (Phi) is 47.6. The van der Waals surface area contributed by atoms with Crippen molar-refractivity contribution in [3.8, 4) is 0 Å². The van der Waals surface area contributed by atoms with Gasteiger partial charge in [0.1, 0.15) is 13.2 Å². The van der Waals surface area contributed by atoms with Crippen LogP contribution in [0.25, 0.3) is 0 Å². The molecule has 0 heterocycles. The Morgan fingerprint density at radius 3 is 0.919 bits per heavy atom. The lowest BCUT2D eigenvalue weighted by molar-refractivity contribution is -0.167. The summed E-state index contributed by atoms with van der Waals surface area (Å²) in [6.45, 7) is 11.4. The number of carbonyl (C=O) groups excluding carboxylic acids is 3.